The smallest absolute Gasteiger partial charge is 0.166 e. The average Bonchev–Trinajstić information content (AvgIpc) is 2.37. The molecule has 20 heavy (non-hydrogen) atoms. The van der Waals surface area contributed by atoms with Crippen molar-refractivity contribution >= 4 is 15.9 Å². The van der Waals surface area contributed by atoms with Crippen LogP contribution in [0.1, 0.15) is 22.3 Å². The van der Waals surface area contributed by atoms with Gasteiger partial charge in [-0.2, -0.15) is 13.2 Å². The van der Waals surface area contributed by atoms with Crippen molar-refractivity contribution in [3.63, 3.8) is 0 Å². The lowest BCUT2D eigenvalue weighted by atomic mass is 9.93. The molecule has 0 aliphatic heterocycles. The van der Waals surface area contributed by atoms with E-state index >= 15 is 0 Å². The molecule has 0 heterocycles. The maximum atomic E-state index is 12.6. The molecular formula is C16H14BrF3. The second-order valence-corrected chi connectivity index (χ2v) is 5.37. The first-order valence-electron chi connectivity index (χ1n) is 6.16. The van der Waals surface area contributed by atoms with Crippen LogP contribution < -0.4 is 0 Å². The fourth-order valence-corrected chi connectivity index (χ4v) is 2.74. The quantitative estimate of drug-likeness (QED) is 0.597. The van der Waals surface area contributed by atoms with Crippen LogP contribution in [0.3, 0.4) is 0 Å². The molecule has 106 valence electrons. The Morgan fingerprint density at radius 2 is 1.45 bits per heavy atom. The first-order chi connectivity index (χ1) is 9.32. The lowest BCUT2D eigenvalue weighted by Crippen LogP contribution is -2.04. The molecule has 0 saturated heterocycles. The Kier molecular flexibility index (Phi) is 4.23. The first kappa shape index (κ1) is 15.1. The number of alkyl halides is 4. The zero-order valence-electron chi connectivity index (χ0n) is 11.2. The van der Waals surface area contributed by atoms with Crippen molar-refractivity contribution in [1.82, 2.24) is 0 Å². The summed E-state index contributed by atoms with van der Waals surface area (Å²) in [5.74, 6) is 0. The van der Waals surface area contributed by atoms with Crippen molar-refractivity contribution < 1.29 is 13.2 Å². The molecule has 2 aromatic rings. The molecule has 0 aliphatic rings. The van der Waals surface area contributed by atoms with Gasteiger partial charge >= 0.3 is 6.18 Å². The van der Waals surface area contributed by atoms with Crippen molar-refractivity contribution in [3.8, 4) is 11.1 Å². The summed E-state index contributed by atoms with van der Waals surface area (Å²) in [7, 11) is 0. The molecule has 0 fully saturated rings. The van der Waals surface area contributed by atoms with E-state index in [1.807, 2.05) is 13.8 Å². The van der Waals surface area contributed by atoms with Crippen LogP contribution in [0.15, 0.2) is 36.4 Å². The Morgan fingerprint density at radius 3 is 1.85 bits per heavy atom. The van der Waals surface area contributed by atoms with Crippen LogP contribution in [0, 0.1) is 13.8 Å². The van der Waals surface area contributed by atoms with Crippen molar-refractivity contribution in [3.05, 3.63) is 58.7 Å². The standard InChI is InChI=1S/C16H14BrF3/c1-10-7-12(9-17)8-11(2)15(10)13-3-5-14(6-4-13)16(18,19)20/h3-8H,9H2,1-2H3. The van der Waals surface area contributed by atoms with E-state index in [9.17, 15) is 13.2 Å². The highest BCUT2D eigenvalue weighted by Gasteiger charge is 2.30. The third-order valence-corrected chi connectivity index (χ3v) is 3.90. The molecule has 0 atom stereocenters. The molecule has 2 rings (SSSR count). The van der Waals surface area contributed by atoms with Gasteiger partial charge in [0, 0.05) is 5.33 Å². The van der Waals surface area contributed by atoms with E-state index in [1.165, 1.54) is 12.1 Å². The molecule has 0 unspecified atom stereocenters. The monoisotopic (exact) mass is 342 g/mol. The van der Waals surface area contributed by atoms with Gasteiger partial charge in [-0.15, -0.1) is 0 Å². The van der Waals surface area contributed by atoms with Crippen LogP contribution >= 0.6 is 15.9 Å². The third-order valence-electron chi connectivity index (χ3n) is 3.25. The van der Waals surface area contributed by atoms with Gasteiger partial charge < -0.3 is 0 Å². The molecule has 0 N–H and O–H groups in total. The topological polar surface area (TPSA) is 0 Å². The van der Waals surface area contributed by atoms with E-state index in [4.69, 9.17) is 0 Å². The van der Waals surface area contributed by atoms with Crippen molar-refractivity contribution in [2.24, 2.45) is 0 Å². The highest BCUT2D eigenvalue weighted by molar-refractivity contribution is 9.08. The number of hydrogen-bond donors (Lipinski definition) is 0. The Bertz CT molecular complexity index is 590. The van der Waals surface area contributed by atoms with Crippen LogP contribution in [0.2, 0.25) is 0 Å². The molecular weight excluding hydrogens is 329 g/mol. The summed E-state index contributed by atoms with van der Waals surface area (Å²) in [6.07, 6.45) is -4.29. The van der Waals surface area contributed by atoms with Gasteiger partial charge in [0.15, 0.2) is 0 Å². The minimum absolute atomic E-state index is 0.617. The zero-order valence-corrected chi connectivity index (χ0v) is 12.8. The highest BCUT2D eigenvalue weighted by atomic mass is 79.9. The summed E-state index contributed by atoms with van der Waals surface area (Å²) in [5, 5.41) is 0.766. The molecule has 4 heteroatoms. The lowest BCUT2D eigenvalue weighted by molar-refractivity contribution is -0.137. The van der Waals surface area contributed by atoms with Gasteiger partial charge in [0.05, 0.1) is 5.56 Å². The molecule has 0 aromatic heterocycles. The van der Waals surface area contributed by atoms with Crippen molar-refractivity contribution in [1.29, 1.82) is 0 Å². The summed E-state index contributed by atoms with van der Waals surface area (Å²) < 4.78 is 37.7. The summed E-state index contributed by atoms with van der Waals surface area (Å²) in [5.41, 5.74) is 4.50. The molecule has 0 radical (unpaired) electrons. The molecule has 0 saturated carbocycles. The van der Waals surface area contributed by atoms with Crippen LogP contribution in [-0.4, -0.2) is 0 Å². The lowest BCUT2D eigenvalue weighted by Gasteiger charge is -2.13. The number of halogens is 4. The maximum absolute atomic E-state index is 12.6. The Hall–Kier alpha value is -1.29. The average molecular weight is 343 g/mol. The highest BCUT2D eigenvalue weighted by Crippen LogP contribution is 2.33. The minimum Gasteiger partial charge on any atom is -0.166 e. The fourth-order valence-electron chi connectivity index (χ4n) is 2.41. The van der Waals surface area contributed by atoms with E-state index in [1.54, 1.807) is 0 Å². The van der Waals surface area contributed by atoms with E-state index < -0.39 is 11.7 Å². The van der Waals surface area contributed by atoms with Gasteiger partial charge in [0.1, 0.15) is 0 Å². The third kappa shape index (κ3) is 3.06. The van der Waals surface area contributed by atoms with Crippen LogP contribution in [0.4, 0.5) is 13.2 Å². The second kappa shape index (κ2) is 5.60. The van der Waals surface area contributed by atoms with Crippen LogP contribution in [-0.2, 0) is 11.5 Å². The maximum Gasteiger partial charge on any atom is 0.416 e. The van der Waals surface area contributed by atoms with Gasteiger partial charge in [-0.3, -0.25) is 0 Å². The summed E-state index contributed by atoms with van der Waals surface area (Å²) in [4.78, 5) is 0. The van der Waals surface area contributed by atoms with E-state index in [2.05, 4.69) is 28.1 Å². The Morgan fingerprint density at radius 1 is 0.950 bits per heavy atom. The second-order valence-electron chi connectivity index (χ2n) is 4.81. The molecule has 2 aromatic carbocycles. The van der Waals surface area contributed by atoms with Crippen molar-refractivity contribution in [2.45, 2.75) is 25.4 Å². The van der Waals surface area contributed by atoms with Gasteiger partial charge in [-0.05, 0) is 53.8 Å². The SMILES string of the molecule is Cc1cc(CBr)cc(C)c1-c1ccc(C(F)(F)F)cc1. The van der Waals surface area contributed by atoms with E-state index in [0.717, 1.165) is 45.3 Å². The molecule has 0 bridgehead atoms. The Balaban J connectivity index is 2.47. The van der Waals surface area contributed by atoms with Gasteiger partial charge in [-0.1, -0.05) is 40.2 Å². The number of hydrogen-bond acceptors (Lipinski definition) is 0. The van der Waals surface area contributed by atoms with E-state index in [0.29, 0.717) is 0 Å². The Labute approximate surface area is 124 Å². The first-order valence-corrected chi connectivity index (χ1v) is 7.29. The summed E-state index contributed by atoms with van der Waals surface area (Å²) in [6, 6.07) is 9.43. The molecule has 0 aliphatic carbocycles. The number of benzene rings is 2. The predicted octanol–water partition coefficient (Wildman–Crippen LogP) is 5.88. The van der Waals surface area contributed by atoms with Crippen molar-refractivity contribution in [2.75, 3.05) is 0 Å². The largest absolute Gasteiger partial charge is 0.416 e. The van der Waals surface area contributed by atoms with Crippen LogP contribution in [0.5, 0.6) is 0 Å². The molecule has 0 nitrogen and oxygen atoms in total. The number of aryl methyl sites for hydroxylation is 2. The number of rotatable bonds is 2. The zero-order chi connectivity index (χ0) is 14.9. The van der Waals surface area contributed by atoms with E-state index in [-0.39, 0.29) is 0 Å². The molecule has 0 spiro atoms. The normalized spacial score (nSPS) is 11.7. The molecule has 0 amide bonds. The fraction of sp³-hybridized carbons (Fsp3) is 0.250. The summed E-state index contributed by atoms with van der Waals surface area (Å²) >= 11 is 3.41. The predicted molar refractivity (Wildman–Crippen MR) is 79.0 cm³/mol. The van der Waals surface area contributed by atoms with Gasteiger partial charge in [-0.25, -0.2) is 0 Å². The van der Waals surface area contributed by atoms with Gasteiger partial charge in [0.25, 0.3) is 0 Å². The summed E-state index contributed by atoms with van der Waals surface area (Å²) in [6.45, 7) is 3.96. The minimum atomic E-state index is -4.29. The van der Waals surface area contributed by atoms with Crippen LogP contribution in [0.25, 0.3) is 11.1 Å². The van der Waals surface area contributed by atoms with Gasteiger partial charge in [0.2, 0.25) is 0 Å².